The average molecular weight is 232 g/mol. The molecule has 0 amide bonds. The van der Waals surface area contributed by atoms with Crippen LogP contribution in [0.1, 0.15) is 0 Å². The third kappa shape index (κ3) is 4.11. The zero-order chi connectivity index (χ0) is 11.8. The third-order valence-corrected chi connectivity index (χ3v) is 2.49. The van der Waals surface area contributed by atoms with Crippen LogP contribution in [0.3, 0.4) is 0 Å². The van der Waals surface area contributed by atoms with Crippen molar-refractivity contribution in [2.24, 2.45) is 0 Å². The SMILES string of the molecule is C=CC(=O)O.c1ccc(-c2ccsc2)cc1. The number of benzene rings is 1. The van der Waals surface area contributed by atoms with Crippen LogP contribution in [0.25, 0.3) is 11.1 Å². The van der Waals surface area contributed by atoms with E-state index in [-0.39, 0.29) is 0 Å². The van der Waals surface area contributed by atoms with Crippen LogP contribution < -0.4 is 0 Å². The fourth-order valence-electron chi connectivity index (χ4n) is 1.06. The predicted octanol–water partition coefficient (Wildman–Crippen LogP) is 3.67. The van der Waals surface area contributed by atoms with Gasteiger partial charge in [-0.3, -0.25) is 0 Å². The number of carboxylic acids is 1. The molecule has 1 aromatic heterocycles. The maximum absolute atomic E-state index is 9.25. The predicted molar refractivity (Wildman–Crippen MR) is 67.6 cm³/mol. The normalized spacial score (nSPS) is 8.75. The van der Waals surface area contributed by atoms with Gasteiger partial charge in [-0.05, 0) is 28.0 Å². The maximum Gasteiger partial charge on any atom is 0.327 e. The molecule has 0 spiro atoms. The van der Waals surface area contributed by atoms with Crippen molar-refractivity contribution < 1.29 is 9.90 Å². The summed E-state index contributed by atoms with van der Waals surface area (Å²) in [5.74, 6) is -0.981. The van der Waals surface area contributed by atoms with Crippen LogP contribution in [0, 0.1) is 0 Å². The molecule has 0 saturated carbocycles. The van der Waals surface area contributed by atoms with Gasteiger partial charge in [-0.2, -0.15) is 11.3 Å². The van der Waals surface area contributed by atoms with Crippen LogP contribution in [-0.4, -0.2) is 11.1 Å². The molecule has 0 aliphatic heterocycles. The minimum absolute atomic E-state index is 0.833. The maximum atomic E-state index is 9.25. The molecule has 0 aliphatic rings. The molecule has 1 aromatic carbocycles. The lowest BCUT2D eigenvalue weighted by Crippen LogP contribution is -1.82. The summed E-state index contributed by atoms with van der Waals surface area (Å²) < 4.78 is 0. The molecule has 0 aliphatic carbocycles. The van der Waals surface area contributed by atoms with E-state index in [0.717, 1.165) is 6.08 Å². The fourth-order valence-corrected chi connectivity index (χ4v) is 1.72. The van der Waals surface area contributed by atoms with Crippen LogP contribution >= 0.6 is 11.3 Å². The van der Waals surface area contributed by atoms with Crippen LogP contribution in [0.2, 0.25) is 0 Å². The summed E-state index contributed by atoms with van der Waals surface area (Å²) in [6.07, 6.45) is 0.833. The molecule has 3 heteroatoms. The van der Waals surface area contributed by atoms with Gasteiger partial charge in [0.05, 0.1) is 0 Å². The van der Waals surface area contributed by atoms with E-state index in [9.17, 15) is 4.79 Å². The number of carboxylic acid groups (broad SMARTS) is 1. The molecule has 1 N–H and O–H groups in total. The monoisotopic (exact) mass is 232 g/mol. The molecule has 0 fully saturated rings. The molecule has 82 valence electrons. The highest BCUT2D eigenvalue weighted by atomic mass is 32.1. The van der Waals surface area contributed by atoms with Gasteiger partial charge in [0, 0.05) is 6.08 Å². The fraction of sp³-hybridized carbons (Fsp3) is 0. The van der Waals surface area contributed by atoms with Crippen molar-refractivity contribution in [1.82, 2.24) is 0 Å². The Morgan fingerprint density at radius 1 is 1.19 bits per heavy atom. The van der Waals surface area contributed by atoms with Crippen LogP contribution in [0.4, 0.5) is 0 Å². The number of carbonyl (C=O) groups is 1. The van der Waals surface area contributed by atoms with Gasteiger partial charge in [-0.1, -0.05) is 36.9 Å². The summed E-state index contributed by atoms with van der Waals surface area (Å²) in [4.78, 5) is 9.25. The summed E-state index contributed by atoms with van der Waals surface area (Å²) in [5.41, 5.74) is 2.62. The van der Waals surface area contributed by atoms with Crippen LogP contribution in [0.5, 0.6) is 0 Å². The number of hydrogen-bond donors (Lipinski definition) is 1. The highest BCUT2D eigenvalue weighted by Gasteiger charge is 1.93. The van der Waals surface area contributed by atoms with Crippen molar-refractivity contribution in [2.45, 2.75) is 0 Å². The van der Waals surface area contributed by atoms with Crippen molar-refractivity contribution in [1.29, 1.82) is 0 Å². The first kappa shape index (κ1) is 12.2. The van der Waals surface area contributed by atoms with Gasteiger partial charge >= 0.3 is 5.97 Å². The molecular weight excluding hydrogens is 220 g/mol. The van der Waals surface area contributed by atoms with E-state index in [1.54, 1.807) is 11.3 Å². The first-order chi connectivity index (χ1) is 7.74. The molecule has 1 heterocycles. The van der Waals surface area contributed by atoms with E-state index in [1.165, 1.54) is 11.1 Å². The highest BCUT2D eigenvalue weighted by Crippen LogP contribution is 2.20. The molecule has 0 radical (unpaired) electrons. The largest absolute Gasteiger partial charge is 0.478 e. The number of rotatable bonds is 2. The Bertz CT molecular complexity index is 432. The number of aliphatic carboxylic acids is 1. The second-order valence-electron chi connectivity index (χ2n) is 2.92. The van der Waals surface area contributed by atoms with Gasteiger partial charge in [-0.15, -0.1) is 0 Å². The molecule has 0 atom stereocenters. The van der Waals surface area contributed by atoms with E-state index < -0.39 is 5.97 Å². The van der Waals surface area contributed by atoms with Gasteiger partial charge in [0.25, 0.3) is 0 Å². The molecule has 16 heavy (non-hydrogen) atoms. The van der Waals surface area contributed by atoms with Crippen molar-refractivity contribution in [3.05, 3.63) is 59.8 Å². The van der Waals surface area contributed by atoms with Crippen LogP contribution in [0.15, 0.2) is 59.8 Å². The van der Waals surface area contributed by atoms with E-state index in [0.29, 0.717) is 0 Å². The van der Waals surface area contributed by atoms with Gasteiger partial charge in [0.15, 0.2) is 0 Å². The molecule has 2 nitrogen and oxygen atoms in total. The number of hydrogen-bond acceptors (Lipinski definition) is 2. The molecule has 2 rings (SSSR count). The zero-order valence-corrected chi connectivity index (χ0v) is 9.48. The van der Waals surface area contributed by atoms with Gasteiger partial charge in [0.2, 0.25) is 0 Å². The zero-order valence-electron chi connectivity index (χ0n) is 8.67. The second-order valence-corrected chi connectivity index (χ2v) is 3.70. The standard InChI is InChI=1S/C10H8S.C3H4O2/c1-2-4-9(5-3-1)10-6-7-11-8-10;1-2-3(4)5/h1-8H;2H,1H2,(H,4,5). The van der Waals surface area contributed by atoms with Crippen LogP contribution in [-0.2, 0) is 4.79 Å². The highest BCUT2D eigenvalue weighted by molar-refractivity contribution is 7.08. The summed E-state index contributed by atoms with van der Waals surface area (Å²) in [7, 11) is 0. The summed E-state index contributed by atoms with van der Waals surface area (Å²) in [5, 5.41) is 11.9. The minimum atomic E-state index is -0.981. The Kier molecular flexibility index (Phi) is 5.02. The average Bonchev–Trinajstić information content (AvgIpc) is 2.84. The Balaban J connectivity index is 0.000000221. The van der Waals surface area contributed by atoms with E-state index >= 15 is 0 Å². The van der Waals surface area contributed by atoms with E-state index in [2.05, 4.69) is 47.7 Å². The lowest BCUT2D eigenvalue weighted by Gasteiger charge is -1.93. The first-order valence-corrected chi connectivity index (χ1v) is 5.61. The summed E-state index contributed by atoms with van der Waals surface area (Å²) in [6, 6.07) is 12.6. The Hall–Kier alpha value is -1.87. The molecule has 0 bridgehead atoms. The Morgan fingerprint density at radius 2 is 1.81 bits per heavy atom. The Morgan fingerprint density at radius 3 is 2.25 bits per heavy atom. The van der Waals surface area contributed by atoms with E-state index in [1.807, 2.05) is 6.07 Å². The minimum Gasteiger partial charge on any atom is -0.478 e. The van der Waals surface area contributed by atoms with Crippen molar-refractivity contribution >= 4 is 17.3 Å². The Labute approximate surface area is 98.5 Å². The van der Waals surface area contributed by atoms with Gasteiger partial charge in [-0.25, -0.2) is 4.79 Å². The molecule has 0 unspecified atom stereocenters. The lowest BCUT2D eigenvalue weighted by molar-refractivity contribution is -0.131. The van der Waals surface area contributed by atoms with Crippen molar-refractivity contribution in [3.63, 3.8) is 0 Å². The molecule has 2 aromatic rings. The van der Waals surface area contributed by atoms with E-state index in [4.69, 9.17) is 5.11 Å². The number of thiophene rings is 1. The smallest absolute Gasteiger partial charge is 0.327 e. The quantitative estimate of drug-likeness (QED) is 0.802. The van der Waals surface area contributed by atoms with Gasteiger partial charge in [0.1, 0.15) is 0 Å². The molecular formula is C13H12O2S. The van der Waals surface area contributed by atoms with Gasteiger partial charge < -0.3 is 5.11 Å². The topological polar surface area (TPSA) is 37.3 Å². The summed E-state index contributed by atoms with van der Waals surface area (Å²) >= 11 is 1.73. The summed E-state index contributed by atoms with van der Waals surface area (Å²) in [6.45, 7) is 2.96. The van der Waals surface area contributed by atoms with Crippen molar-refractivity contribution in [3.8, 4) is 11.1 Å². The first-order valence-electron chi connectivity index (χ1n) is 4.67. The second kappa shape index (κ2) is 6.58. The molecule has 0 saturated heterocycles. The third-order valence-electron chi connectivity index (χ3n) is 1.80. The van der Waals surface area contributed by atoms with Crippen molar-refractivity contribution in [2.75, 3.05) is 0 Å². The lowest BCUT2D eigenvalue weighted by atomic mass is 10.1.